The highest BCUT2D eigenvalue weighted by atomic mass is 19.4. The molecule has 5 heteroatoms. The van der Waals surface area contributed by atoms with Crippen LogP contribution in [-0.2, 0) is 11.6 Å². The fourth-order valence-electron chi connectivity index (χ4n) is 2.17. The maximum atomic E-state index is 12.9. The molecule has 1 aliphatic rings. The highest BCUT2D eigenvalue weighted by molar-refractivity contribution is 5.38. The second-order valence-corrected chi connectivity index (χ2v) is 5.20. The van der Waals surface area contributed by atoms with Crippen molar-refractivity contribution < 1.29 is 13.2 Å². The van der Waals surface area contributed by atoms with Gasteiger partial charge in [0.2, 0.25) is 0 Å². The number of nitrogens with two attached hydrogens (primary N) is 1. The summed E-state index contributed by atoms with van der Waals surface area (Å²) in [6.07, 6.45) is -0.395. The Hall–Kier alpha value is -1.10. The van der Waals surface area contributed by atoms with E-state index in [-0.39, 0.29) is 5.56 Å². The Morgan fingerprint density at radius 1 is 1.24 bits per heavy atom. The second kappa shape index (κ2) is 3.45. The maximum Gasteiger partial charge on any atom is 0.416 e. The van der Waals surface area contributed by atoms with E-state index in [2.05, 4.69) is 4.98 Å². The van der Waals surface area contributed by atoms with Crippen LogP contribution in [0.25, 0.3) is 0 Å². The van der Waals surface area contributed by atoms with E-state index < -0.39 is 22.7 Å². The van der Waals surface area contributed by atoms with E-state index in [1.807, 2.05) is 0 Å². The van der Waals surface area contributed by atoms with E-state index in [9.17, 15) is 13.2 Å². The van der Waals surface area contributed by atoms with Gasteiger partial charge in [0, 0.05) is 23.3 Å². The van der Waals surface area contributed by atoms with Crippen LogP contribution in [0.3, 0.4) is 0 Å². The van der Waals surface area contributed by atoms with Gasteiger partial charge in [-0.2, -0.15) is 13.2 Å². The molecule has 1 saturated carbocycles. The monoisotopic (exact) mass is 244 g/mol. The summed E-state index contributed by atoms with van der Waals surface area (Å²) < 4.78 is 38.8. The lowest BCUT2D eigenvalue weighted by molar-refractivity contribution is -0.138. The molecule has 1 aromatic heterocycles. The summed E-state index contributed by atoms with van der Waals surface area (Å²) in [6, 6.07) is 1.02. The number of aromatic nitrogens is 1. The van der Waals surface area contributed by atoms with Crippen molar-refractivity contribution in [2.24, 2.45) is 5.73 Å². The van der Waals surface area contributed by atoms with Gasteiger partial charge >= 0.3 is 6.18 Å². The minimum Gasteiger partial charge on any atom is -0.324 e. The molecule has 0 amide bonds. The first-order valence-corrected chi connectivity index (χ1v) is 5.49. The fourth-order valence-corrected chi connectivity index (χ4v) is 2.17. The summed E-state index contributed by atoms with van der Waals surface area (Å²) in [5.41, 5.74) is 4.38. The highest BCUT2D eigenvalue weighted by Crippen LogP contribution is 2.51. The maximum absolute atomic E-state index is 12.9. The van der Waals surface area contributed by atoms with Crippen molar-refractivity contribution in [1.82, 2.24) is 4.98 Å². The molecule has 1 aliphatic carbocycles. The Labute approximate surface area is 98.0 Å². The van der Waals surface area contributed by atoms with Gasteiger partial charge in [-0.25, -0.2) is 0 Å². The van der Waals surface area contributed by atoms with Crippen molar-refractivity contribution in [1.29, 1.82) is 0 Å². The third kappa shape index (κ3) is 1.92. The molecule has 0 spiro atoms. The first-order chi connectivity index (χ1) is 7.68. The SMILES string of the molecule is CC(C)(c1cnccc1C(F)(F)F)C1(N)CC1. The molecular formula is C12H15F3N2. The standard InChI is InChI=1S/C12H15F3N2/c1-10(2,11(16)4-5-11)9-7-17-6-3-8(9)12(13,14)15/h3,6-7H,4-5,16H2,1-2H3. The van der Waals surface area contributed by atoms with Crippen LogP contribution in [0.4, 0.5) is 13.2 Å². The quantitative estimate of drug-likeness (QED) is 0.868. The lowest BCUT2D eigenvalue weighted by atomic mass is 9.74. The minimum absolute atomic E-state index is 0.188. The molecule has 0 radical (unpaired) electrons. The largest absolute Gasteiger partial charge is 0.416 e. The molecule has 1 fully saturated rings. The van der Waals surface area contributed by atoms with Gasteiger partial charge in [-0.1, -0.05) is 13.8 Å². The van der Waals surface area contributed by atoms with Gasteiger partial charge in [-0.3, -0.25) is 4.98 Å². The van der Waals surface area contributed by atoms with Crippen molar-refractivity contribution in [2.45, 2.75) is 43.8 Å². The molecule has 2 N–H and O–H groups in total. The molecule has 17 heavy (non-hydrogen) atoms. The first-order valence-electron chi connectivity index (χ1n) is 5.49. The number of alkyl halides is 3. The number of rotatable bonds is 2. The second-order valence-electron chi connectivity index (χ2n) is 5.20. The van der Waals surface area contributed by atoms with Crippen molar-refractivity contribution in [3.05, 3.63) is 29.6 Å². The Balaban J connectivity index is 2.53. The number of nitrogens with zero attached hydrogens (tertiary/aromatic N) is 1. The molecule has 1 heterocycles. The number of pyridine rings is 1. The van der Waals surface area contributed by atoms with Crippen LogP contribution in [0.2, 0.25) is 0 Å². The van der Waals surface area contributed by atoms with E-state index >= 15 is 0 Å². The van der Waals surface area contributed by atoms with Crippen molar-refractivity contribution in [3.8, 4) is 0 Å². The van der Waals surface area contributed by atoms with Crippen molar-refractivity contribution in [2.75, 3.05) is 0 Å². The van der Waals surface area contributed by atoms with Gasteiger partial charge in [0.25, 0.3) is 0 Å². The smallest absolute Gasteiger partial charge is 0.324 e. The third-order valence-electron chi connectivity index (χ3n) is 3.83. The van der Waals surface area contributed by atoms with Crippen LogP contribution in [0, 0.1) is 0 Å². The van der Waals surface area contributed by atoms with E-state index in [1.165, 1.54) is 12.4 Å². The number of hydrogen-bond acceptors (Lipinski definition) is 2. The molecule has 0 bridgehead atoms. The van der Waals surface area contributed by atoms with Crippen LogP contribution in [0.5, 0.6) is 0 Å². The number of halogens is 3. The Morgan fingerprint density at radius 3 is 2.29 bits per heavy atom. The summed E-state index contributed by atoms with van der Waals surface area (Å²) in [5.74, 6) is 0. The molecule has 0 aromatic carbocycles. The van der Waals surface area contributed by atoms with Crippen LogP contribution >= 0.6 is 0 Å². The molecule has 1 aromatic rings. The lowest BCUT2D eigenvalue weighted by Crippen LogP contribution is -2.44. The van der Waals surface area contributed by atoms with Crippen molar-refractivity contribution >= 4 is 0 Å². The van der Waals surface area contributed by atoms with Crippen LogP contribution in [0.1, 0.15) is 37.8 Å². The fraction of sp³-hybridized carbons (Fsp3) is 0.583. The normalized spacial score (nSPS) is 19.2. The molecule has 0 unspecified atom stereocenters. The van der Waals surface area contributed by atoms with E-state index in [4.69, 9.17) is 5.73 Å². The third-order valence-corrected chi connectivity index (χ3v) is 3.83. The summed E-state index contributed by atoms with van der Waals surface area (Å²) in [7, 11) is 0. The zero-order valence-corrected chi connectivity index (χ0v) is 9.80. The summed E-state index contributed by atoms with van der Waals surface area (Å²) in [6.45, 7) is 3.51. The molecule has 0 atom stereocenters. The average Bonchev–Trinajstić information content (AvgIpc) is 2.97. The van der Waals surface area contributed by atoms with Gasteiger partial charge in [0.1, 0.15) is 0 Å². The van der Waals surface area contributed by atoms with Crippen LogP contribution < -0.4 is 5.73 Å². The van der Waals surface area contributed by atoms with E-state index in [0.717, 1.165) is 18.9 Å². The molecule has 2 nitrogen and oxygen atoms in total. The Bertz CT molecular complexity index is 434. The van der Waals surface area contributed by atoms with Crippen molar-refractivity contribution in [3.63, 3.8) is 0 Å². The summed E-state index contributed by atoms with van der Waals surface area (Å²) in [5, 5.41) is 0. The van der Waals surface area contributed by atoms with Gasteiger partial charge in [0.15, 0.2) is 0 Å². The zero-order valence-electron chi connectivity index (χ0n) is 9.80. The number of hydrogen-bond donors (Lipinski definition) is 1. The first kappa shape index (κ1) is 12.4. The van der Waals surface area contributed by atoms with Crippen LogP contribution in [-0.4, -0.2) is 10.5 Å². The van der Waals surface area contributed by atoms with Gasteiger partial charge < -0.3 is 5.73 Å². The molecule has 0 saturated heterocycles. The van der Waals surface area contributed by atoms with Gasteiger partial charge in [-0.15, -0.1) is 0 Å². The molecule has 94 valence electrons. The summed E-state index contributed by atoms with van der Waals surface area (Å²) >= 11 is 0. The highest BCUT2D eigenvalue weighted by Gasteiger charge is 2.54. The Morgan fingerprint density at radius 2 is 1.82 bits per heavy atom. The lowest BCUT2D eigenvalue weighted by Gasteiger charge is -2.34. The predicted octanol–water partition coefficient (Wildman–Crippen LogP) is 2.87. The average molecular weight is 244 g/mol. The predicted molar refractivity (Wildman–Crippen MR) is 58.4 cm³/mol. The zero-order chi connectivity index (χ0) is 12.9. The molecular weight excluding hydrogens is 229 g/mol. The van der Waals surface area contributed by atoms with Gasteiger partial charge in [-0.05, 0) is 24.5 Å². The van der Waals surface area contributed by atoms with Gasteiger partial charge in [0.05, 0.1) is 5.56 Å². The Kier molecular flexibility index (Phi) is 2.51. The molecule has 0 aliphatic heterocycles. The summed E-state index contributed by atoms with van der Waals surface area (Å²) in [4.78, 5) is 3.81. The minimum atomic E-state index is -4.36. The molecule has 2 rings (SSSR count). The van der Waals surface area contributed by atoms with E-state index in [1.54, 1.807) is 13.8 Å². The topological polar surface area (TPSA) is 38.9 Å². The van der Waals surface area contributed by atoms with Crippen LogP contribution in [0.15, 0.2) is 18.5 Å². The van der Waals surface area contributed by atoms with E-state index in [0.29, 0.717) is 0 Å².